The number of likely N-dealkylation sites (tertiary alicyclic amines) is 1. The Kier molecular flexibility index (Phi) is 6.39. The number of methoxy groups -OCH3 is 1. The molecule has 8 heteroatoms. The first-order chi connectivity index (χ1) is 15.5. The minimum Gasteiger partial charge on any atom is -0.496 e. The largest absolute Gasteiger partial charge is 0.496 e. The molecular weight excluding hydrogens is 408 g/mol. The molecule has 4 rings (SSSR count). The van der Waals surface area contributed by atoms with Gasteiger partial charge in [0, 0.05) is 29.9 Å². The molecular formula is C24H28N4O4. The van der Waals surface area contributed by atoms with Crippen LogP contribution in [0.2, 0.25) is 0 Å². The molecule has 1 fully saturated rings. The highest BCUT2D eigenvalue weighted by molar-refractivity contribution is 5.76. The Hall–Kier alpha value is -3.42. The molecule has 1 amide bonds. The number of aromatic nitrogens is 3. The van der Waals surface area contributed by atoms with Gasteiger partial charge in [0.25, 0.3) is 0 Å². The van der Waals surface area contributed by atoms with E-state index in [1.54, 1.807) is 31.2 Å². The lowest BCUT2D eigenvalue weighted by atomic mass is 10.0. The molecule has 1 atom stereocenters. The Labute approximate surface area is 186 Å². The number of oxazole rings is 1. The normalized spacial score (nSPS) is 16.2. The number of benzene rings is 1. The average Bonchev–Trinajstić information content (AvgIpc) is 3.25. The molecule has 0 unspecified atom stereocenters. The summed E-state index contributed by atoms with van der Waals surface area (Å²) in [5, 5.41) is 0. The van der Waals surface area contributed by atoms with E-state index in [1.165, 1.54) is 4.57 Å². The molecule has 0 aliphatic carbocycles. The highest BCUT2D eigenvalue weighted by atomic mass is 16.5. The first kappa shape index (κ1) is 21.8. The summed E-state index contributed by atoms with van der Waals surface area (Å²) in [7, 11) is 1.65. The minimum absolute atomic E-state index is 0.0385. The maximum absolute atomic E-state index is 13.2. The Balaban J connectivity index is 1.53. The van der Waals surface area contributed by atoms with Gasteiger partial charge in [0.2, 0.25) is 11.8 Å². The average molecular weight is 437 g/mol. The van der Waals surface area contributed by atoms with Crippen molar-refractivity contribution in [1.29, 1.82) is 0 Å². The van der Waals surface area contributed by atoms with Crippen LogP contribution in [0.25, 0.3) is 0 Å². The lowest BCUT2D eigenvalue weighted by Crippen LogP contribution is -2.42. The molecule has 3 heterocycles. The molecule has 1 saturated heterocycles. The van der Waals surface area contributed by atoms with Crippen molar-refractivity contribution < 1.29 is 13.9 Å². The van der Waals surface area contributed by atoms with Gasteiger partial charge in [0.15, 0.2) is 0 Å². The molecule has 8 nitrogen and oxygen atoms in total. The van der Waals surface area contributed by atoms with Crippen LogP contribution in [0.3, 0.4) is 0 Å². The fraction of sp³-hybridized carbons (Fsp3) is 0.417. The van der Waals surface area contributed by atoms with Crippen LogP contribution in [-0.4, -0.2) is 39.0 Å². The van der Waals surface area contributed by atoms with Crippen LogP contribution in [0, 0.1) is 13.8 Å². The first-order valence-electron chi connectivity index (χ1n) is 10.9. The molecule has 2 aromatic heterocycles. The van der Waals surface area contributed by atoms with Gasteiger partial charge in [0.1, 0.15) is 24.1 Å². The Bertz CT molecular complexity index is 1170. The molecule has 0 bridgehead atoms. The van der Waals surface area contributed by atoms with Crippen LogP contribution in [0.5, 0.6) is 5.75 Å². The standard InChI is InChI=1S/C24H28N4O4/c1-16-12-17(2)28(24(30)26-16)15-22(29)27-11-7-6-9-20(27)23-25-14-19(32-23)13-18-8-4-5-10-21(18)31-3/h4-5,8,10,12,14,20H,6-7,9,11,13,15H2,1-3H3/t20-/m0/s1. The van der Waals surface area contributed by atoms with Crippen molar-refractivity contribution in [2.75, 3.05) is 13.7 Å². The summed E-state index contributed by atoms with van der Waals surface area (Å²) in [6, 6.07) is 9.36. The van der Waals surface area contributed by atoms with Gasteiger partial charge in [-0.25, -0.2) is 9.78 Å². The number of aryl methyl sites for hydroxylation is 2. The van der Waals surface area contributed by atoms with Gasteiger partial charge >= 0.3 is 5.69 Å². The highest BCUT2D eigenvalue weighted by Gasteiger charge is 2.31. The highest BCUT2D eigenvalue weighted by Crippen LogP contribution is 2.32. The van der Waals surface area contributed by atoms with E-state index in [2.05, 4.69) is 9.97 Å². The van der Waals surface area contributed by atoms with Gasteiger partial charge < -0.3 is 14.1 Å². The van der Waals surface area contributed by atoms with Gasteiger partial charge in [-0.3, -0.25) is 9.36 Å². The molecule has 0 N–H and O–H groups in total. The minimum atomic E-state index is -0.403. The number of amides is 1. The summed E-state index contributed by atoms with van der Waals surface area (Å²) in [5.74, 6) is 1.92. The zero-order chi connectivity index (χ0) is 22.7. The summed E-state index contributed by atoms with van der Waals surface area (Å²) < 4.78 is 12.9. The fourth-order valence-electron chi connectivity index (χ4n) is 4.27. The second-order valence-corrected chi connectivity index (χ2v) is 8.16. The second-order valence-electron chi connectivity index (χ2n) is 8.16. The zero-order valence-electron chi connectivity index (χ0n) is 18.7. The quantitative estimate of drug-likeness (QED) is 0.589. The number of piperidine rings is 1. The lowest BCUT2D eigenvalue weighted by Gasteiger charge is -2.34. The Morgan fingerprint density at radius 3 is 2.84 bits per heavy atom. The van der Waals surface area contributed by atoms with Gasteiger partial charge in [-0.05, 0) is 45.2 Å². The monoisotopic (exact) mass is 436 g/mol. The van der Waals surface area contributed by atoms with Gasteiger partial charge in [-0.1, -0.05) is 18.2 Å². The molecule has 1 aromatic carbocycles. The SMILES string of the molecule is COc1ccccc1Cc1cnc([C@@H]2CCCCN2C(=O)Cn2c(C)cc(C)nc2=O)o1. The summed E-state index contributed by atoms with van der Waals surface area (Å²) in [5.41, 5.74) is 1.98. The van der Waals surface area contributed by atoms with Crippen LogP contribution in [-0.2, 0) is 17.8 Å². The summed E-state index contributed by atoms with van der Waals surface area (Å²) in [6.45, 7) is 4.16. The first-order valence-corrected chi connectivity index (χ1v) is 10.9. The number of para-hydroxylation sites is 1. The van der Waals surface area contributed by atoms with Crippen LogP contribution < -0.4 is 10.4 Å². The van der Waals surface area contributed by atoms with Crippen molar-refractivity contribution >= 4 is 5.91 Å². The van der Waals surface area contributed by atoms with E-state index < -0.39 is 5.69 Å². The number of carbonyl (C=O) groups is 1. The Morgan fingerprint density at radius 2 is 2.06 bits per heavy atom. The van der Waals surface area contributed by atoms with E-state index in [-0.39, 0.29) is 18.5 Å². The van der Waals surface area contributed by atoms with Crippen molar-refractivity contribution in [3.05, 3.63) is 75.6 Å². The number of carbonyl (C=O) groups excluding carboxylic acids is 1. The molecule has 0 radical (unpaired) electrons. The molecule has 0 saturated carbocycles. The number of nitrogens with zero attached hydrogens (tertiary/aromatic N) is 4. The molecule has 1 aliphatic heterocycles. The van der Waals surface area contributed by atoms with Crippen molar-refractivity contribution in [3.8, 4) is 5.75 Å². The van der Waals surface area contributed by atoms with Gasteiger partial charge in [-0.15, -0.1) is 0 Å². The van der Waals surface area contributed by atoms with Crippen LogP contribution in [0.15, 0.2) is 45.7 Å². The maximum Gasteiger partial charge on any atom is 0.348 e. The van der Waals surface area contributed by atoms with E-state index in [4.69, 9.17) is 9.15 Å². The van der Waals surface area contributed by atoms with Crippen LogP contribution in [0.1, 0.15) is 53.9 Å². The number of hydrogen-bond acceptors (Lipinski definition) is 6. The maximum atomic E-state index is 13.2. The summed E-state index contributed by atoms with van der Waals surface area (Å²) in [6.07, 6.45) is 4.96. The van der Waals surface area contributed by atoms with Gasteiger partial charge in [-0.2, -0.15) is 4.98 Å². The van der Waals surface area contributed by atoms with Crippen molar-refractivity contribution in [1.82, 2.24) is 19.4 Å². The lowest BCUT2D eigenvalue weighted by molar-refractivity contribution is -0.136. The third-order valence-corrected chi connectivity index (χ3v) is 5.88. The molecule has 168 valence electrons. The number of rotatable bonds is 6. The number of hydrogen-bond donors (Lipinski definition) is 0. The fourth-order valence-corrected chi connectivity index (χ4v) is 4.27. The third kappa shape index (κ3) is 4.59. The predicted molar refractivity (Wildman–Crippen MR) is 119 cm³/mol. The Morgan fingerprint density at radius 1 is 1.25 bits per heavy atom. The van der Waals surface area contributed by atoms with E-state index >= 15 is 0 Å². The van der Waals surface area contributed by atoms with Gasteiger partial charge in [0.05, 0.1) is 13.3 Å². The topological polar surface area (TPSA) is 90.5 Å². The number of ether oxygens (including phenoxy) is 1. The van der Waals surface area contributed by atoms with Crippen molar-refractivity contribution in [2.24, 2.45) is 0 Å². The van der Waals surface area contributed by atoms with E-state index in [1.807, 2.05) is 31.2 Å². The summed E-state index contributed by atoms with van der Waals surface area (Å²) >= 11 is 0. The van der Waals surface area contributed by atoms with Crippen LogP contribution in [0.4, 0.5) is 0 Å². The zero-order valence-corrected chi connectivity index (χ0v) is 18.7. The second kappa shape index (κ2) is 9.38. The van der Waals surface area contributed by atoms with E-state index in [0.717, 1.165) is 42.0 Å². The third-order valence-electron chi connectivity index (χ3n) is 5.88. The van der Waals surface area contributed by atoms with E-state index in [9.17, 15) is 9.59 Å². The van der Waals surface area contributed by atoms with E-state index in [0.29, 0.717) is 24.6 Å². The summed E-state index contributed by atoms with van der Waals surface area (Å²) in [4.78, 5) is 35.7. The van der Waals surface area contributed by atoms with Crippen molar-refractivity contribution in [2.45, 2.75) is 52.1 Å². The molecule has 32 heavy (non-hydrogen) atoms. The molecule has 3 aromatic rings. The predicted octanol–water partition coefficient (Wildman–Crippen LogP) is 3.20. The van der Waals surface area contributed by atoms with Crippen LogP contribution >= 0.6 is 0 Å². The smallest absolute Gasteiger partial charge is 0.348 e. The molecule has 1 aliphatic rings. The molecule has 0 spiro atoms. The van der Waals surface area contributed by atoms with Crippen molar-refractivity contribution in [3.63, 3.8) is 0 Å².